The standard InChI is InChI=1S/C9H15N3O/c1(8-5-10-7-12-8)3-11-9-2-4-13-6-9/h5,7,9,11H,1-4,6H2,(H,10,12). The largest absolute Gasteiger partial charge is 0.380 e. The number of aromatic amines is 1. The molecule has 13 heavy (non-hydrogen) atoms. The molecule has 1 aliphatic rings. The zero-order chi connectivity index (χ0) is 8.93. The predicted molar refractivity (Wildman–Crippen MR) is 49.5 cm³/mol. The average molecular weight is 181 g/mol. The Hall–Kier alpha value is -0.870. The van der Waals surface area contributed by atoms with Crippen LogP contribution in [0.15, 0.2) is 12.5 Å². The molecule has 2 heterocycles. The fourth-order valence-corrected chi connectivity index (χ4v) is 1.53. The van der Waals surface area contributed by atoms with Gasteiger partial charge in [0.1, 0.15) is 0 Å². The molecule has 2 rings (SSSR count). The normalized spacial score (nSPS) is 22.3. The summed E-state index contributed by atoms with van der Waals surface area (Å²) in [4.78, 5) is 7.04. The highest BCUT2D eigenvalue weighted by Crippen LogP contribution is 2.02. The minimum atomic E-state index is 0.558. The van der Waals surface area contributed by atoms with Gasteiger partial charge in [0.25, 0.3) is 0 Å². The maximum Gasteiger partial charge on any atom is 0.0921 e. The third kappa shape index (κ3) is 2.54. The number of H-pyrrole nitrogens is 1. The first-order valence-electron chi connectivity index (χ1n) is 4.73. The van der Waals surface area contributed by atoms with Crippen LogP contribution in [0, 0.1) is 0 Å². The summed E-state index contributed by atoms with van der Waals surface area (Å²) in [6.45, 7) is 2.76. The van der Waals surface area contributed by atoms with E-state index in [1.165, 1.54) is 5.69 Å². The molecule has 0 amide bonds. The van der Waals surface area contributed by atoms with Crippen molar-refractivity contribution in [3.05, 3.63) is 18.2 Å². The molecule has 0 bridgehead atoms. The van der Waals surface area contributed by atoms with Crippen LogP contribution in [-0.2, 0) is 11.2 Å². The molecule has 4 heteroatoms. The first-order chi connectivity index (χ1) is 6.45. The Balaban J connectivity index is 1.63. The van der Waals surface area contributed by atoms with E-state index in [0.29, 0.717) is 6.04 Å². The maximum atomic E-state index is 5.26. The van der Waals surface area contributed by atoms with E-state index in [9.17, 15) is 0 Å². The minimum absolute atomic E-state index is 0.558. The third-order valence-corrected chi connectivity index (χ3v) is 2.31. The second-order valence-corrected chi connectivity index (χ2v) is 3.34. The van der Waals surface area contributed by atoms with Gasteiger partial charge in [-0.2, -0.15) is 0 Å². The number of imidazole rings is 1. The summed E-state index contributed by atoms with van der Waals surface area (Å²) in [5.41, 5.74) is 1.19. The monoisotopic (exact) mass is 181 g/mol. The van der Waals surface area contributed by atoms with Gasteiger partial charge in [0.15, 0.2) is 0 Å². The zero-order valence-corrected chi connectivity index (χ0v) is 7.62. The summed E-state index contributed by atoms with van der Waals surface area (Å²) in [5.74, 6) is 0. The van der Waals surface area contributed by atoms with E-state index in [0.717, 1.165) is 32.6 Å². The molecule has 4 nitrogen and oxygen atoms in total. The van der Waals surface area contributed by atoms with Crippen LogP contribution < -0.4 is 5.32 Å². The lowest BCUT2D eigenvalue weighted by Gasteiger charge is -2.08. The number of rotatable bonds is 4. The van der Waals surface area contributed by atoms with Crippen LogP contribution in [0.2, 0.25) is 0 Å². The number of hydrogen-bond acceptors (Lipinski definition) is 3. The fourth-order valence-electron chi connectivity index (χ4n) is 1.53. The molecule has 0 aliphatic carbocycles. The van der Waals surface area contributed by atoms with E-state index in [2.05, 4.69) is 15.3 Å². The summed E-state index contributed by atoms with van der Waals surface area (Å²) in [6, 6.07) is 0.558. The highest BCUT2D eigenvalue weighted by molar-refractivity contribution is 4.94. The molecule has 1 aliphatic heterocycles. The van der Waals surface area contributed by atoms with E-state index in [4.69, 9.17) is 4.74 Å². The lowest BCUT2D eigenvalue weighted by Crippen LogP contribution is -2.30. The van der Waals surface area contributed by atoms with Gasteiger partial charge in [0, 0.05) is 37.5 Å². The highest BCUT2D eigenvalue weighted by atomic mass is 16.5. The van der Waals surface area contributed by atoms with Crippen LogP contribution in [0.4, 0.5) is 0 Å². The first-order valence-corrected chi connectivity index (χ1v) is 4.73. The Bertz CT molecular complexity index is 229. The van der Waals surface area contributed by atoms with E-state index in [-0.39, 0.29) is 0 Å². The van der Waals surface area contributed by atoms with Crippen LogP contribution in [0.1, 0.15) is 12.1 Å². The topological polar surface area (TPSA) is 49.9 Å². The Kier molecular flexibility index (Phi) is 2.94. The lowest BCUT2D eigenvalue weighted by molar-refractivity contribution is 0.190. The first kappa shape index (κ1) is 8.72. The van der Waals surface area contributed by atoms with Crippen molar-refractivity contribution < 1.29 is 4.74 Å². The molecule has 0 saturated carbocycles. The summed E-state index contributed by atoms with van der Waals surface area (Å²) in [5, 5.41) is 3.45. The van der Waals surface area contributed by atoms with Gasteiger partial charge in [-0.05, 0) is 6.42 Å². The Morgan fingerprint density at radius 2 is 2.69 bits per heavy atom. The zero-order valence-electron chi connectivity index (χ0n) is 7.62. The van der Waals surface area contributed by atoms with Gasteiger partial charge in [-0.25, -0.2) is 4.98 Å². The van der Waals surface area contributed by atoms with Gasteiger partial charge < -0.3 is 15.0 Å². The number of aromatic nitrogens is 2. The maximum absolute atomic E-state index is 5.26. The lowest BCUT2D eigenvalue weighted by atomic mass is 10.2. The molecule has 1 aromatic rings. The smallest absolute Gasteiger partial charge is 0.0921 e. The van der Waals surface area contributed by atoms with Crippen molar-refractivity contribution in [3.8, 4) is 0 Å². The van der Waals surface area contributed by atoms with Crippen molar-refractivity contribution in [1.29, 1.82) is 0 Å². The SMILES string of the molecule is c1ncc(CCNC2CCOC2)[nH]1. The van der Waals surface area contributed by atoms with E-state index in [1.807, 2.05) is 6.20 Å². The second kappa shape index (κ2) is 4.39. The fraction of sp³-hybridized carbons (Fsp3) is 0.667. The Morgan fingerprint density at radius 1 is 1.69 bits per heavy atom. The van der Waals surface area contributed by atoms with Crippen molar-refractivity contribution in [3.63, 3.8) is 0 Å². The number of nitrogens with zero attached hydrogens (tertiary/aromatic N) is 1. The number of hydrogen-bond donors (Lipinski definition) is 2. The Labute approximate surface area is 77.7 Å². The third-order valence-electron chi connectivity index (χ3n) is 2.31. The van der Waals surface area contributed by atoms with Crippen molar-refractivity contribution in [2.24, 2.45) is 0 Å². The quantitative estimate of drug-likeness (QED) is 0.703. The van der Waals surface area contributed by atoms with Gasteiger partial charge in [-0.3, -0.25) is 0 Å². The van der Waals surface area contributed by atoms with Gasteiger partial charge in [-0.1, -0.05) is 0 Å². The van der Waals surface area contributed by atoms with E-state index >= 15 is 0 Å². The average Bonchev–Trinajstić information content (AvgIpc) is 2.75. The number of nitrogens with one attached hydrogen (secondary N) is 2. The van der Waals surface area contributed by atoms with E-state index in [1.54, 1.807) is 6.33 Å². The molecular formula is C9H15N3O. The summed E-state index contributed by atoms with van der Waals surface area (Å²) < 4.78 is 5.26. The van der Waals surface area contributed by atoms with Crippen molar-refractivity contribution in [2.75, 3.05) is 19.8 Å². The molecular weight excluding hydrogens is 166 g/mol. The molecule has 0 spiro atoms. The van der Waals surface area contributed by atoms with Crippen LogP contribution in [0.25, 0.3) is 0 Å². The molecule has 1 saturated heterocycles. The molecule has 1 fully saturated rings. The number of ether oxygens (including phenoxy) is 1. The van der Waals surface area contributed by atoms with Crippen molar-refractivity contribution in [1.82, 2.24) is 15.3 Å². The molecule has 1 unspecified atom stereocenters. The van der Waals surface area contributed by atoms with Crippen molar-refractivity contribution >= 4 is 0 Å². The molecule has 2 N–H and O–H groups in total. The molecule has 0 radical (unpaired) electrons. The van der Waals surface area contributed by atoms with Gasteiger partial charge >= 0.3 is 0 Å². The summed E-state index contributed by atoms with van der Waals surface area (Å²) in [7, 11) is 0. The predicted octanol–water partition coefficient (Wildman–Crippen LogP) is 0.331. The summed E-state index contributed by atoms with van der Waals surface area (Å²) in [6.07, 6.45) is 5.74. The van der Waals surface area contributed by atoms with Gasteiger partial charge in [-0.15, -0.1) is 0 Å². The van der Waals surface area contributed by atoms with Gasteiger partial charge in [0.2, 0.25) is 0 Å². The summed E-state index contributed by atoms with van der Waals surface area (Å²) >= 11 is 0. The van der Waals surface area contributed by atoms with Crippen LogP contribution in [0.3, 0.4) is 0 Å². The molecule has 0 aromatic carbocycles. The van der Waals surface area contributed by atoms with E-state index < -0.39 is 0 Å². The van der Waals surface area contributed by atoms with Crippen LogP contribution in [0.5, 0.6) is 0 Å². The second-order valence-electron chi connectivity index (χ2n) is 3.34. The van der Waals surface area contributed by atoms with Crippen LogP contribution in [-0.4, -0.2) is 35.8 Å². The molecule has 1 aromatic heterocycles. The molecule has 1 atom stereocenters. The Morgan fingerprint density at radius 3 is 3.38 bits per heavy atom. The van der Waals surface area contributed by atoms with Gasteiger partial charge in [0.05, 0.1) is 12.9 Å². The minimum Gasteiger partial charge on any atom is -0.380 e. The van der Waals surface area contributed by atoms with Crippen LogP contribution >= 0.6 is 0 Å². The highest BCUT2D eigenvalue weighted by Gasteiger charge is 2.13. The van der Waals surface area contributed by atoms with Crippen molar-refractivity contribution in [2.45, 2.75) is 18.9 Å². The molecule has 72 valence electrons.